The van der Waals surface area contributed by atoms with Crippen LogP contribution in [0, 0.1) is 12.8 Å². The molecule has 0 aliphatic carbocycles. The zero-order valence-electron chi connectivity index (χ0n) is 11.8. The molecular weight excluding hydrogens is 278 g/mol. The molecule has 0 radical (unpaired) electrons. The molecule has 1 heterocycles. The van der Waals surface area contributed by atoms with Gasteiger partial charge in [0.1, 0.15) is 5.75 Å². The van der Waals surface area contributed by atoms with Crippen LogP contribution in [0.25, 0.3) is 0 Å². The van der Waals surface area contributed by atoms with Crippen molar-refractivity contribution < 1.29 is 14.6 Å². The van der Waals surface area contributed by atoms with Gasteiger partial charge in [-0.3, -0.25) is 4.79 Å². The van der Waals surface area contributed by atoms with Gasteiger partial charge in [-0.1, -0.05) is 18.5 Å². The maximum Gasteiger partial charge on any atom is 0.260 e. The molecule has 1 amide bonds. The summed E-state index contributed by atoms with van der Waals surface area (Å²) in [5.74, 6) is 0.715. The maximum absolute atomic E-state index is 12.1. The van der Waals surface area contributed by atoms with Gasteiger partial charge in [0.15, 0.2) is 6.61 Å². The summed E-state index contributed by atoms with van der Waals surface area (Å²) in [6.45, 7) is 5.04. The first kappa shape index (κ1) is 15.1. The zero-order valence-corrected chi connectivity index (χ0v) is 12.6. The highest BCUT2D eigenvalue weighted by molar-refractivity contribution is 6.31. The smallest absolute Gasteiger partial charge is 0.260 e. The predicted molar refractivity (Wildman–Crippen MR) is 78.1 cm³/mol. The van der Waals surface area contributed by atoms with E-state index >= 15 is 0 Å². The number of aliphatic hydroxyl groups excluding tert-OH is 1. The Labute approximate surface area is 124 Å². The van der Waals surface area contributed by atoms with Crippen molar-refractivity contribution in [2.24, 2.45) is 5.92 Å². The van der Waals surface area contributed by atoms with Crippen LogP contribution in [0.1, 0.15) is 18.9 Å². The number of hydrogen-bond donors (Lipinski definition) is 1. The molecule has 0 bridgehead atoms. The minimum atomic E-state index is -0.307. The molecule has 0 spiro atoms. The van der Waals surface area contributed by atoms with Gasteiger partial charge < -0.3 is 14.7 Å². The summed E-state index contributed by atoms with van der Waals surface area (Å²) in [6.07, 6.45) is 0.325. The number of likely N-dealkylation sites (tertiary alicyclic amines) is 1. The van der Waals surface area contributed by atoms with Crippen LogP contribution in [0.2, 0.25) is 5.02 Å². The van der Waals surface area contributed by atoms with Crippen molar-refractivity contribution in [2.75, 3.05) is 19.7 Å². The summed E-state index contributed by atoms with van der Waals surface area (Å²) < 4.78 is 5.51. The quantitative estimate of drug-likeness (QED) is 0.931. The number of aliphatic hydroxyl groups is 1. The summed E-state index contributed by atoms with van der Waals surface area (Å²) in [4.78, 5) is 13.8. The van der Waals surface area contributed by atoms with Gasteiger partial charge in [0, 0.05) is 18.1 Å². The highest BCUT2D eigenvalue weighted by Gasteiger charge is 2.27. The Hall–Kier alpha value is -1.26. The molecule has 1 saturated heterocycles. The van der Waals surface area contributed by atoms with Crippen molar-refractivity contribution in [1.29, 1.82) is 0 Å². The summed E-state index contributed by atoms with van der Waals surface area (Å²) in [5, 5.41) is 10.3. The summed E-state index contributed by atoms with van der Waals surface area (Å²) >= 11 is 5.94. The van der Waals surface area contributed by atoms with Crippen LogP contribution in [-0.2, 0) is 4.79 Å². The maximum atomic E-state index is 12.1. The van der Waals surface area contributed by atoms with E-state index in [1.165, 1.54) is 0 Å². The first-order valence-corrected chi connectivity index (χ1v) is 7.20. The van der Waals surface area contributed by atoms with E-state index in [9.17, 15) is 9.90 Å². The molecule has 1 aromatic rings. The minimum Gasteiger partial charge on any atom is -0.484 e. The molecule has 2 atom stereocenters. The molecule has 1 aromatic carbocycles. The molecule has 4 nitrogen and oxygen atoms in total. The van der Waals surface area contributed by atoms with Crippen molar-refractivity contribution in [2.45, 2.75) is 26.4 Å². The highest BCUT2D eigenvalue weighted by atomic mass is 35.5. The van der Waals surface area contributed by atoms with Crippen LogP contribution >= 0.6 is 11.6 Å². The van der Waals surface area contributed by atoms with Crippen LogP contribution in [0.5, 0.6) is 5.75 Å². The van der Waals surface area contributed by atoms with Crippen molar-refractivity contribution in [1.82, 2.24) is 4.90 Å². The van der Waals surface area contributed by atoms with Crippen LogP contribution < -0.4 is 4.74 Å². The monoisotopic (exact) mass is 297 g/mol. The average Bonchev–Trinajstić information content (AvgIpc) is 2.43. The van der Waals surface area contributed by atoms with E-state index in [4.69, 9.17) is 16.3 Å². The van der Waals surface area contributed by atoms with Gasteiger partial charge in [-0.15, -0.1) is 0 Å². The number of piperidine rings is 1. The Bertz CT molecular complexity index is 492. The third kappa shape index (κ3) is 3.64. The van der Waals surface area contributed by atoms with Crippen LogP contribution in [-0.4, -0.2) is 41.7 Å². The Morgan fingerprint density at radius 3 is 2.95 bits per heavy atom. The second kappa shape index (κ2) is 6.46. The highest BCUT2D eigenvalue weighted by Crippen LogP contribution is 2.21. The van der Waals surface area contributed by atoms with E-state index in [0.717, 1.165) is 5.56 Å². The summed E-state index contributed by atoms with van der Waals surface area (Å²) in [5.41, 5.74) is 0.923. The lowest BCUT2D eigenvalue weighted by molar-refractivity contribution is -0.136. The number of benzene rings is 1. The molecular formula is C15H20ClNO3. The van der Waals surface area contributed by atoms with Gasteiger partial charge in [0.25, 0.3) is 5.91 Å². The Morgan fingerprint density at radius 2 is 2.30 bits per heavy atom. The largest absolute Gasteiger partial charge is 0.484 e. The number of nitrogens with zero attached hydrogens (tertiary/aromatic N) is 1. The fourth-order valence-corrected chi connectivity index (χ4v) is 2.42. The van der Waals surface area contributed by atoms with Crippen molar-refractivity contribution >= 4 is 17.5 Å². The number of carbonyl (C=O) groups is 1. The molecule has 110 valence electrons. The van der Waals surface area contributed by atoms with Gasteiger partial charge in [-0.25, -0.2) is 0 Å². The topological polar surface area (TPSA) is 49.8 Å². The van der Waals surface area contributed by atoms with E-state index in [1.54, 1.807) is 17.0 Å². The number of hydrogen-bond acceptors (Lipinski definition) is 3. The molecule has 1 N–H and O–H groups in total. The molecule has 0 aromatic heterocycles. The predicted octanol–water partition coefficient (Wildman–Crippen LogP) is 2.26. The van der Waals surface area contributed by atoms with Crippen molar-refractivity contribution in [3.05, 3.63) is 28.8 Å². The molecule has 1 aliphatic rings. The molecule has 1 fully saturated rings. The Balaban J connectivity index is 1.87. The second-order valence-electron chi connectivity index (χ2n) is 5.37. The normalized spacial score (nSPS) is 22.7. The standard InChI is InChI=1S/C15H20ClNO3/c1-10-7-12(3-4-13(10)16)20-9-15(19)17-6-5-14(18)11(2)8-17/h3-4,7,11,14,18H,5-6,8-9H2,1-2H3. The first-order chi connectivity index (χ1) is 9.47. The molecule has 20 heavy (non-hydrogen) atoms. The van der Waals surface area contributed by atoms with E-state index in [-0.39, 0.29) is 24.5 Å². The Morgan fingerprint density at radius 1 is 1.55 bits per heavy atom. The van der Waals surface area contributed by atoms with Crippen molar-refractivity contribution in [3.8, 4) is 5.75 Å². The number of rotatable bonds is 3. The third-order valence-electron chi connectivity index (χ3n) is 3.70. The molecule has 2 rings (SSSR count). The minimum absolute atomic E-state index is 0.0177. The van der Waals surface area contributed by atoms with Crippen molar-refractivity contribution in [3.63, 3.8) is 0 Å². The second-order valence-corrected chi connectivity index (χ2v) is 5.78. The van der Waals surface area contributed by atoms with Gasteiger partial charge in [-0.2, -0.15) is 0 Å². The van der Waals surface area contributed by atoms with Crippen LogP contribution in [0.3, 0.4) is 0 Å². The van der Waals surface area contributed by atoms with E-state index in [0.29, 0.717) is 30.3 Å². The molecule has 5 heteroatoms. The summed E-state index contributed by atoms with van der Waals surface area (Å²) in [6, 6.07) is 5.33. The fraction of sp³-hybridized carbons (Fsp3) is 0.533. The molecule has 1 aliphatic heterocycles. The third-order valence-corrected chi connectivity index (χ3v) is 4.13. The first-order valence-electron chi connectivity index (χ1n) is 6.82. The summed E-state index contributed by atoms with van der Waals surface area (Å²) in [7, 11) is 0. The SMILES string of the molecule is Cc1cc(OCC(=O)N2CCC(O)C(C)C2)ccc1Cl. The lowest BCUT2D eigenvalue weighted by Crippen LogP contribution is -2.46. The zero-order chi connectivity index (χ0) is 14.7. The van der Waals surface area contributed by atoms with Crippen LogP contribution in [0.4, 0.5) is 0 Å². The fourth-order valence-electron chi connectivity index (χ4n) is 2.30. The van der Waals surface area contributed by atoms with Gasteiger partial charge in [0.05, 0.1) is 6.10 Å². The number of ether oxygens (including phenoxy) is 1. The molecule has 0 saturated carbocycles. The average molecular weight is 298 g/mol. The van der Waals surface area contributed by atoms with E-state index in [2.05, 4.69) is 0 Å². The lowest BCUT2D eigenvalue weighted by atomic mass is 9.97. The van der Waals surface area contributed by atoms with E-state index < -0.39 is 0 Å². The number of aryl methyl sites for hydroxylation is 1. The number of halogens is 1. The van der Waals surface area contributed by atoms with E-state index in [1.807, 2.05) is 19.9 Å². The van der Waals surface area contributed by atoms with Crippen LogP contribution in [0.15, 0.2) is 18.2 Å². The van der Waals surface area contributed by atoms with Gasteiger partial charge >= 0.3 is 0 Å². The molecule has 2 unspecified atom stereocenters. The number of amides is 1. The van der Waals surface area contributed by atoms with Gasteiger partial charge in [0.2, 0.25) is 0 Å². The lowest BCUT2D eigenvalue weighted by Gasteiger charge is -2.34. The Kier molecular flexibility index (Phi) is 4.89. The number of carbonyl (C=O) groups excluding carboxylic acids is 1. The van der Waals surface area contributed by atoms with Gasteiger partial charge in [-0.05, 0) is 43.0 Å².